The Morgan fingerprint density at radius 1 is 1.05 bits per heavy atom. The molecule has 20 heavy (non-hydrogen) atoms. The number of carboxylic acid groups (broad SMARTS) is 1. The van der Waals surface area contributed by atoms with Gasteiger partial charge in [-0.2, -0.15) is 0 Å². The van der Waals surface area contributed by atoms with Crippen molar-refractivity contribution < 1.29 is 9.90 Å². The molecule has 0 aromatic heterocycles. The first-order valence-electron chi connectivity index (χ1n) is 6.49. The van der Waals surface area contributed by atoms with Crippen molar-refractivity contribution in [3.05, 3.63) is 77.9 Å². The molecular weight excluding hydrogens is 250 g/mol. The summed E-state index contributed by atoms with van der Waals surface area (Å²) in [6, 6.07) is 18.7. The van der Waals surface area contributed by atoms with Gasteiger partial charge in [0.25, 0.3) is 0 Å². The van der Waals surface area contributed by atoms with Crippen molar-refractivity contribution in [1.82, 2.24) is 5.32 Å². The molecule has 0 bridgehead atoms. The zero-order chi connectivity index (χ0) is 14.2. The van der Waals surface area contributed by atoms with Gasteiger partial charge >= 0.3 is 5.97 Å². The molecule has 0 saturated heterocycles. The molecule has 0 amide bonds. The summed E-state index contributed by atoms with van der Waals surface area (Å²) in [4.78, 5) is 11.2. The third-order valence-corrected chi connectivity index (χ3v) is 2.92. The molecule has 0 aliphatic rings. The van der Waals surface area contributed by atoms with Crippen molar-refractivity contribution in [3.8, 4) is 0 Å². The topological polar surface area (TPSA) is 49.3 Å². The average molecular weight is 267 g/mol. The molecule has 2 aromatic carbocycles. The Balaban J connectivity index is 1.97. The van der Waals surface area contributed by atoms with Gasteiger partial charge in [0.1, 0.15) is 6.04 Å². The molecule has 0 saturated carbocycles. The fourth-order valence-electron chi connectivity index (χ4n) is 1.83. The molecule has 2 aromatic rings. The number of aliphatic carboxylic acids is 1. The minimum absolute atomic E-state index is 0.525. The highest BCUT2D eigenvalue weighted by Crippen LogP contribution is 2.04. The predicted octanol–water partition coefficient (Wildman–Crippen LogP) is 2.94. The molecule has 1 unspecified atom stereocenters. The number of nitrogens with one attached hydrogen (secondary N) is 1. The van der Waals surface area contributed by atoms with Gasteiger partial charge in [-0.3, -0.25) is 10.1 Å². The predicted molar refractivity (Wildman–Crippen MR) is 80.2 cm³/mol. The van der Waals surface area contributed by atoms with E-state index in [1.807, 2.05) is 66.7 Å². The molecule has 3 nitrogen and oxygen atoms in total. The highest BCUT2D eigenvalue weighted by molar-refractivity contribution is 5.77. The highest BCUT2D eigenvalue weighted by Gasteiger charge is 2.12. The number of hydrogen-bond donors (Lipinski definition) is 2. The van der Waals surface area contributed by atoms with Crippen LogP contribution in [0.15, 0.2) is 66.7 Å². The van der Waals surface area contributed by atoms with E-state index in [9.17, 15) is 9.90 Å². The van der Waals surface area contributed by atoms with Gasteiger partial charge in [-0.1, -0.05) is 72.8 Å². The Bertz CT molecular complexity index is 564. The van der Waals surface area contributed by atoms with Crippen molar-refractivity contribution >= 4 is 12.0 Å². The molecule has 102 valence electrons. The lowest BCUT2D eigenvalue weighted by Gasteiger charge is -2.10. The molecule has 0 aliphatic heterocycles. The second-order valence-corrected chi connectivity index (χ2v) is 4.45. The average Bonchev–Trinajstić information content (AvgIpc) is 2.49. The molecule has 0 spiro atoms. The van der Waals surface area contributed by atoms with Crippen molar-refractivity contribution in [1.29, 1.82) is 0 Å². The molecule has 2 rings (SSSR count). The minimum atomic E-state index is -0.881. The maximum absolute atomic E-state index is 11.2. The van der Waals surface area contributed by atoms with Gasteiger partial charge in [0.05, 0.1) is 0 Å². The Kier molecular flexibility index (Phi) is 5.09. The van der Waals surface area contributed by atoms with Crippen LogP contribution in [-0.2, 0) is 11.3 Å². The van der Waals surface area contributed by atoms with E-state index in [-0.39, 0.29) is 0 Å². The largest absolute Gasteiger partial charge is 0.480 e. The summed E-state index contributed by atoms with van der Waals surface area (Å²) < 4.78 is 0. The summed E-state index contributed by atoms with van der Waals surface area (Å²) in [6.45, 7) is 0.525. The first kappa shape index (κ1) is 14.0. The molecule has 1 atom stereocenters. The monoisotopic (exact) mass is 267 g/mol. The first-order chi connectivity index (χ1) is 9.75. The Morgan fingerprint density at radius 2 is 1.65 bits per heavy atom. The van der Waals surface area contributed by atoms with Gasteiger partial charge in [0, 0.05) is 6.54 Å². The molecule has 3 heteroatoms. The fraction of sp³-hybridized carbons (Fsp3) is 0.118. The van der Waals surface area contributed by atoms with Gasteiger partial charge in [0.2, 0.25) is 0 Å². The van der Waals surface area contributed by atoms with Gasteiger partial charge in [-0.15, -0.1) is 0 Å². The molecule has 2 N–H and O–H groups in total. The Hall–Kier alpha value is -2.39. The normalized spacial score (nSPS) is 12.4. The summed E-state index contributed by atoms with van der Waals surface area (Å²) in [5.41, 5.74) is 2.05. The van der Waals surface area contributed by atoms with Gasteiger partial charge in [-0.05, 0) is 11.1 Å². The van der Waals surface area contributed by atoms with Crippen molar-refractivity contribution in [2.75, 3.05) is 0 Å². The van der Waals surface area contributed by atoms with E-state index in [1.165, 1.54) is 0 Å². The molecule has 0 fully saturated rings. The van der Waals surface area contributed by atoms with Crippen LogP contribution in [0.2, 0.25) is 0 Å². The van der Waals surface area contributed by atoms with E-state index in [0.29, 0.717) is 6.54 Å². The van der Waals surface area contributed by atoms with Crippen LogP contribution in [0, 0.1) is 0 Å². The zero-order valence-electron chi connectivity index (χ0n) is 11.1. The van der Waals surface area contributed by atoms with Crippen LogP contribution in [0.1, 0.15) is 11.1 Å². The van der Waals surface area contributed by atoms with E-state index >= 15 is 0 Å². The number of carboxylic acids is 1. The van der Waals surface area contributed by atoms with Gasteiger partial charge < -0.3 is 5.11 Å². The lowest BCUT2D eigenvalue weighted by atomic mass is 10.1. The molecular formula is C17H17NO2. The lowest BCUT2D eigenvalue weighted by Crippen LogP contribution is -2.34. The quantitative estimate of drug-likeness (QED) is 0.846. The van der Waals surface area contributed by atoms with Crippen LogP contribution in [0.4, 0.5) is 0 Å². The summed E-state index contributed by atoms with van der Waals surface area (Å²) in [5, 5.41) is 12.2. The summed E-state index contributed by atoms with van der Waals surface area (Å²) in [5.74, 6) is -0.881. The van der Waals surface area contributed by atoms with Crippen molar-refractivity contribution in [2.24, 2.45) is 0 Å². The van der Waals surface area contributed by atoms with Crippen LogP contribution in [0.5, 0.6) is 0 Å². The molecule has 0 radical (unpaired) electrons. The summed E-state index contributed by atoms with van der Waals surface area (Å²) >= 11 is 0. The minimum Gasteiger partial charge on any atom is -0.480 e. The maximum atomic E-state index is 11.2. The zero-order valence-corrected chi connectivity index (χ0v) is 11.1. The summed E-state index contributed by atoms with van der Waals surface area (Å²) in [6.07, 6.45) is 3.48. The Morgan fingerprint density at radius 3 is 2.25 bits per heavy atom. The number of carbonyl (C=O) groups is 1. The number of rotatable bonds is 6. The maximum Gasteiger partial charge on any atom is 0.324 e. The third kappa shape index (κ3) is 4.37. The van der Waals surface area contributed by atoms with Crippen LogP contribution in [0.3, 0.4) is 0 Å². The van der Waals surface area contributed by atoms with E-state index in [1.54, 1.807) is 6.08 Å². The van der Waals surface area contributed by atoms with E-state index in [2.05, 4.69) is 5.32 Å². The highest BCUT2D eigenvalue weighted by atomic mass is 16.4. The van der Waals surface area contributed by atoms with Crippen LogP contribution >= 0.6 is 0 Å². The lowest BCUT2D eigenvalue weighted by molar-refractivity contribution is -0.138. The van der Waals surface area contributed by atoms with Crippen molar-refractivity contribution in [3.63, 3.8) is 0 Å². The second kappa shape index (κ2) is 7.26. The van der Waals surface area contributed by atoms with Gasteiger partial charge in [-0.25, -0.2) is 0 Å². The van der Waals surface area contributed by atoms with Crippen molar-refractivity contribution in [2.45, 2.75) is 12.6 Å². The third-order valence-electron chi connectivity index (χ3n) is 2.92. The molecule has 0 heterocycles. The molecule has 0 aliphatic carbocycles. The van der Waals surface area contributed by atoms with Crippen LogP contribution in [0.25, 0.3) is 6.08 Å². The number of hydrogen-bond acceptors (Lipinski definition) is 2. The fourth-order valence-corrected chi connectivity index (χ4v) is 1.83. The first-order valence-corrected chi connectivity index (χ1v) is 6.49. The number of benzene rings is 2. The van der Waals surface area contributed by atoms with E-state index < -0.39 is 12.0 Å². The standard InChI is InChI=1S/C17H17NO2/c19-17(20)16(12-11-14-7-3-1-4-8-14)18-13-15-9-5-2-6-10-15/h1-12,16,18H,13H2,(H,19,20)/b12-11+. The van der Waals surface area contributed by atoms with E-state index in [0.717, 1.165) is 11.1 Å². The van der Waals surface area contributed by atoms with Crippen LogP contribution in [-0.4, -0.2) is 17.1 Å². The second-order valence-electron chi connectivity index (χ2n) is 4.45. The van der Waals surface area contributed by atoms with Crippen LogP contribution < -0.4 is 5.32 Å². The van der Waals surface area contributed by atoms with Gasteiger partial charge in [0.15, 0.2) is 0 Å². The summed E-state index contributed by atoms with van der Waals surface area (Å²) in [7, 11) is 0. The Labute approximate surface area is 118 Å². The SMILES string of the molecule is O=C(O)C(/C=C/c1ccccc1)NCc1ccccc1. The smallest absolute Gasteiger partial charge is 0.324 e. The van der Waals surface area contributed by atoms with E-state index in [4.69, 9.17) is 0 Å².